The molecule has 0 radical (unpaired) electrons. The van der Waals surface area contributed by atoms with Crippen LogP contribution in [-0.4, -0.2) is 62.8 Å². The third kappa shape index (κ3) is 3.12. The number of carbonyl (C=O) groups is 2. The van der Waals surface area contributed by atoms with Crippen LogP contribution in [0.4, 0.5) is 10.7 Å². The minimum atomic E-state index is -0.652. The summed E-state index contributed by atoms with van der Waals surface area (Å²) in [7, 11) is 0. The Morgan fingerprint density at radius 1 is 1.25 bits per heavy atom. The molecule has 3 rings (SSSR count). The van der Waals surface area contributed by atoms with E-state index in [9.17, 15) is 9.59 Å². The molecular formula is C15H21N5O4. The number of anilines is 1. The maximum atomic E-state index is 12.2. The third-order valence-electron chi connectivity index (χ3n) is 4.13. The summed E-state index contributed by atoms with van der Waals surface area (Å²) < 4.78 is 5.44. The quantitative estimate of drug-likeness (QED) is 0.608. The second kappa shape index (κ2) is 5.90. The first-order chi connectivity index (χ1) is 11.3. The maximum absolute atomic E-state index is 12.2. The van der Waals surface area contributed by atoms with Gasteiger partial charge in [-0.2, -0.15) is 0 Å². The van der Waals surface area contributed by atoms with Gasteiger partial charge >= 0.3 is 6.09 Å². The summed E-state index contributed by atoms with van der Waals surface area (Å²) in [6, 6.07) is 0.217. The maximum Gasteiger partial charge on any atom is 0.410 e. The highest BCUT2D eigenvalue weighted by Crippen LogP contribution is 2.33. The minimum Gasteiger partial charge on any atom is -0.444 e. The molecule has 2 N–H and O–H groups in total. The highest BCUT2D eigenvalue weighted by Gasteiger charge is 2.47. The van der Waals surface area contributed by atoms with Crippen molar-refractivity contribution in [3.8, 4) is 0 Å². The normalized spacial score (nSPS) is 22.7. The molecule has 0 saturated carbocycles. The molecule has 0 spiro atoms. The van der Waals surface area contributed by atoms with E-state index in [1.165, 1.54) is 12.4 Å². The Morgan fingerprint density at radius 3 is 2.42 bits per heavy atom. The molecule has 3 heterocycles. The Bertz CT molecular complexity index is 642. The van der Waals surface area contributed by atoms with E-state index in [0.29, 0.717) is 19.0 Å². The van der Waals surface area contributed by atoms with Crippen LogP contribution in [0.5, 0.6) is 0 Å². The number of hydrogen-bond donors (Lipinski definition) is 2. The van der Waals surface area contributed by atoms with Crippen LogP contribution in [0.3, 0.4) is 0 Å². The first-order valence-corrected chi connectivity index (χ1v) is 7.81. The number of ether oxygens (including phenoxy) is 1. The molecule has 0 unspecified atom stereocenters. The summed E-state index contributed by atoms with van der Waals surface area (Å²) in [6.07, 6.45) is 3.30. The van der Waals surface area contributed by atoms with Crippen molar-refractivity contribution in [2.45, 2.75) is 44.9 Å². The Hall–Kier alpha value is -2.42. The Labute approximate surface area is 139 Å². The van der Waals surface area contributed by atoms with E-state index in [4.69, 9.17) is 9.94 Å². The summed E-state index contributed by atoms with van der Waals surface area (Å²) >= 11 is 0. The van der Waals surface area contributed by atoms with Crippen molar-refractivity contribution in [2.75, 3.05) is 18.0 Å². The van der Waals surface area contributed by atoms with Crippen LogP contribution in [0, 0.1) is 0 Å². The van der Waals surface area contributed by atoms with Crippen molar-refractivity contribution in [1.29, 1.82) is 0 Å². The van der Waals surface area contributed by atoms with Crippen LogP contribution in [0.15, 0.2) is 12.4 Å². The van der Waals surface area contributed by atoms with E-state index in [0.717, 1.165) is 6.42 Å². The number of piperazine rings is 1. The van der Waals surface area contributed by atoms with Gasteiger partial charge in [-0.25, -0.2) is 20.2 Å². The van der Waals surface area contributed by atoms with Crippen molar-refractivity contribution in [3.63, 3.8) is 0 Å². The molecule has 2 aliphatic rings. The number of fused-ring (bicyclic) bond motifs is 2. The lowest BCUT2D eigenvalue weighted by Crippen LogP contribution is -2.50. The fourth-order valence-corrected chi connectivity index (χ4v) is 3.11. The van der Waals surface area contributed by atoms with Gasteiger partial charge in [-0.1, -0.05) is 0 Å². The van der Waals surface area contributed by atoms with Gasteiger partial charge in [0.05, 0.1) is 17.6 Å². The molecule has 0 aliphatic carbocycles. The number of amides is 2. The van der Waals surface area contributed by atoms with Crippen LogP contribution in [-0.2, 0) is 4.74 Å². The monoisotopic (exact) mass is 335 g/mol. The lowest BCUT2D eigenvalue weighted by Gasteiger charge is -2.35. The number of rotatable bonds is 2. The van der Waals surface area contributed by atoms with Crippen molar-refractivity contribution in [1.82, 2.24) is 20.3 Å². The molecule has 1 aromatic rings. The molecule has 2 atom stereocenters. The predicted molar refractivity (Wildman–Crippen MR) is 83.8 cm³/mol. The van der Waals surface area contributed by atoms with Crippen molar-refractivity contribution < 1.29 is 19.5 Å². The third-order valence-corrected chi connectivity index (χ3v) is 4.13. The molecule has 2 amide bonds. The fourth-order valence-electron chi connectivity index (χ4n) is 3.11. The van der Waals surface area contributed by atoms with E-state index >= 15 is 0 Å². The van der Waals surface area contributed by atoms with Gasteiger partial charge in [-0.05, 0) is 27.2 Å². The molecule has 2 bridgehead atoms. The van der Waals surface area contributed by atoms with Crippen molar-refractivity contribution in [3.05, 3.63) is 18.0 Å². The smallest absolute Gasteiger partial charge is 0.410 e. The summed E-state index contributed by atoms with van der Waals surface area (Å²) in [5, 5.41) is 8.60. The van der Waals surface area contributed by atoms with E-state index in [1.54, 1.807) is 10.4 Å². The van der Waals surface area contributed by atoms with Crippen molar-refractivity contribution in [2.24, 2.45) is 0 Å². The second-order valence-corrected chi connectivity index (χ2v) is 7.04. The number of likely N-dealkylation sites (tertiary alicyclic amines) is 1. The zero-order chi connectivity index (χ0) is 17.5. The molecule has 24 heavy (non-hydrogen) atoms. The largest absolute Gasteiger partial charge is 0.444 e. The van der Waals surface area contributed by atoms with E-state index in [-0.39, 0.29) is 23.7 Å². The summed E-state index contributed by atoms with van der Waals surface area (Å²) in [5.74, 6) is -0.138. The number of aromatic nitrogens is 2. The molecule has 2 aliphatic heterocycles. The zero-order valence-electron chi connectivity index (χ0n) is 13.9. The van der Waals surface area contributed by atoms with Crippen LogP contribution in [0.2, 0.25) is 0 Å². The van der Waals surface area contributed by atoms with Gasteiger partial charge in [-0.3, -0.25) is 10.0 Å². The van der Waals surface area contributed by atoms with Gasteiger partial charge in [0.1, 0.15) is 5.60 Å². The molecule has 0 aromatic carbocycles. The van der Waals surface area contributed by atoms with Crippen molar-refractivity contribution >= 4 is 17.9 Å². The summed E-state index contributed by atoms with van der Waals surface area (Å²) in [4.78, 5) is 35.7. The van der Waals surface area contributed by atoms with Gasteiger partial charge in [0, 0.05) is 25.5 Å². The lowest BCUT2D eigenvalue weighted by atomic mass is 10.2. The molecular weight excluding hydrogens is 314 g/mol. The Kier molecular flexibility index (Phi) is 4.04. The van der Waals surface area contributed by atoms with Gasteiger partial charge in [0.2, 0.25) is 5.95 Å². The number of nitrogens with one attached hydrogen (secondary N) is 1. The Balaban J connectivity index is 1.65. The average Bonchev–Trinajstić information content (AvgIpc) is 3.13. The summed E-state index contributed by atoms with van der Waals surface area (Å²) in [6.45, 7) is 6.76. The minimum absolute atomic E-state index is 0.0777. The van der Waals surface area contributed by atoms with Gasteiger partial charge in [0.25, 0.3) is 5.91 Å². The van der Waals surface area contributed by atoms with Crippen LogP contribution in [0.25, 0.3) is 0 Å². The highest BCUT2D eigenvalue weighted by molar-refractivity contribution is 5.92. The average molecular weight is 335 g/mol. The number of nitrogens with zero attached hydrogens (tertiary/aromatic N) is 4. The summed E-state index contributed by atoms with van der Waals surface area (Å²) in [5.41, 5.74) is 1.22. The topological polar surface area (TPSA) is 108 Å². The number of hydroxylamine groups is 1. The molecule has 9 nitrogen and oxygen atoms in total. The second-order valence-electron chi connectivity index (χ2n) is 7.04. The van der Waals surface area contributed by atoms with Gasteiger partial charge in [-0.15, -0.1) is 0 Å². The van der Waals surface area contributed by atoms with Crippen LogP contribution >= 0.6 is 0 Å². The highest BCUT2D eigenvalue weighted by atomic mass is 16.6. The van der Waals surface area contributed by atoms with E-state index in [2.05, 4.69) is 9.97 Å². The van der Waals surface area contributed by atoms with Crippen LogP contribution < -0.4 is 10.4 Å². The first kappa shape index (κ1) is 16.4. The predicted octanol–water partition coefficient (Wildman–Crippen LogP) is 0.794. The standard InChI is InChI=1S/C15H21N5O4/c1-15(2,3)24-14(22)20-8-10-4-11(20)7-19(10)13-16-5-9(6-17-13)12(21)18-23/h5-6,10-11,23H,4,7-8H2,1-3H3,(H,18,21)/t10-,11-/m0/s1. The number of carbonyl (C=O) groups excluding carboxylic acids is 2. The van der Waals surface area contributed by atoms with Gasteiger partial charge in [0.15, 0.2) is 0 Å². The number of hydrogen-bond acceptors (Lipinski definition) is 7. The molecule has 130 valence electrons. The lowest BCUT2D eigenvalue weighted by molar-refractivity contribution is 0.0214. The van der Waals surface area contributed by atoms with E-state index in [1.807, 2.05) is 25.7 Å². The Morgan fingerprint density at radius 2 is 1.92 bits per heavy atom. The molecule has 2 saturated heterocycles. The molecule has 1 aromatic heterocycles. The SMILES string of the molecule is CC(C)(C)OC(=O)N1C[C@@H]2C[C@H]1CN2c1ncc(C(=O)NO)cn1. The molecule has 2 fully saturated rings. The zero-order valence-corrected chi connectivity index (χ0v) is 13.9. The fraction of sp³-hybridized carbons (Fsp3) is 0.600. The van der Waals surface area contributed by atoms with Crippen LogP contribution in [0.1, 0.15) is 37.6 Å². The van der Waals surface area contributed by atoms with E-state index < -0.39 is 11.5 Å². The first-order valence-electron chi connectivity index (χ1n) is 7.81. The van der Waals surface area contributed by atoms with Gasteiger partial charge < -0.3 is 14.5 Å². The molecule has 9 heteroatoms.